The molecule has 0 saturated carbocycles. The second-order valence-electron chi connectivity index (χ2n) is 4.09. The molecule has 0 spiro atoms. The lowest BCUT2D eigenvalue weighted by atomic mass is 10.1. The highest BCUT2D eigenvalue weighted by molar-refractivity contribution is 9.10. The molecule has 3 nitrogen and oxygen atoms in total. The van der Waals surface area contributed by atoms with Crippen LogP contribution in [-0.4, -0.2) is 10.9 Å². The first-order valence-electron chi connectivity index (χ1n) is 5.75. The lowest BCUT2D eigenvalue weighted by Crippen LogP contribution is -2.27. The van der Waals surface area contributed by atoms with Gasteiger partial charge in [0.05, 0.1) is 6.04 Å². The standard InChI is InChI=1S/C14H12Br2N2O/c1-9(10-5-7-11(15)8-6-10)17-14(19)12-3-2-4-13(16)18-12/h2-9H,1H3,(H,17,19). The van der Waals surface area contributed by atoms with Gasteiger partial charge in [0.25, 0.3) is 5.91 Å². The van der Waals surface area contributed by atoms with Gasteiger partial charge in [-0.2, -0.15) is 0 Å². The van der Waals surface area contributed by atoms with Gasteiger partial charge in [0, 0.05) is 4.47 Å². The largest absolute Gasteiger partial charge is 0.344 e. The van der Waals surface area contributed by atoms with Crippen LogP contribution in [0.1, 0.15) is 29.0 Å². The summed E-state index contributed by atoms with van der Waals surface area (Å²) in [5.41, 5.74) is 1.45. The first-order valence-corrected chi connectivity index (χ1v) is 7.34. The summed E-state index contributed by atoms with van der Waals surface area (Å²) in [7, 11) is 0. The number of carbonyl (C=O) groups excluding carboxylic acids is 1. The molecule has 19 heavy (non-hydrogen) atoms. The summed E-state index contributed by atoms with van der Waals surface area (Å²) in [6.45, 7) is 1.94. The Kier molecular flexibility index (Phi) is 4.71. The second kappa shape index (κ2) is 6.30. The Balaban J connectivity index is 2.08. The predicted molar refractivity (Wildman–Crippen MR) is 82.0 cm³/mol. The normalized spacial score (nSPS) is 11.9. The molecule has 1 aromatic carbocycles. The van der Waals surface area contributed by atoms with Crippen LogP contribution in [0.5, 0.6) is 0 Å². The molecule has 0 radical (unpaired) electrons. The van der Waals surface area contributed by atoms with Gasteiger partial charge in [-0.15, -0.1) is 0 Å². The van der Waals surface area contributed by atoms with Gasteiger partial charge in [0.1, 0.15) is 10.3 Å². The van der Waals surface area contributed by atoms with Crippen LogP contribution in [0.25, 0.3) is 0 Å². The van der Waals surface area contributed by atoms with Crippen LogP contribution in [0.15, 0.2) is 51.5 Å². The zero-order chi connectivity index (χ0) is 13.8. The van der Waals surface area contributed by atoms with E-state index < -0.39 is 0 Å². The van der Waals surface area contributed by atoms with Crippen molar-refractivity contribution in [2.24, 2.45) is 0 Å². The summed E-state index contributed by atoms with van der Waals surface area (Å²) < 4.78 is 1.67. The lowest BCUT2D eigenvalue weighted by molar-refractivity contribution is 0.0934. The Morgan fingerprint density at radius 2 is 1.84 bits per heavy atom. The summed E-state index contributed by atoms with van der Waals surface area (Å²) >= 11 is 6.64. The molecule has 1 unspecified atom stereocenters. The third kappa shape index (κ3) is 3.88. The molecule has 2 aromatic rings. The number of carbonyl (C=O) groups is 1. The van der Waals surface area contributed by atoms with Crippen molar-refractivity contribution in [3.05, 3.63) is 62.8 Å². The van der Waals surface area contributed by atoms with E-state index in [1.54, 1.807) is 18.2 Å². The van der Waals surface area contributed by atoms with Crippen molar-refractivity contribution >= 4 is 37.8 Å². The van der Waals surface area contributed by atoms with Crippen molar-refractivity contribution in [3.8, 4) is 0 Å². The molecule has 0 aliphatic rings. The quantitative estimate of drug-likeness (QED) is 0.810. The Bertz CT molecular complexity index is 584. The van der Waals surface area contributed by atoms with Crippen molar-refractivity contribution in [1.29, 1.82) is 0 Å². The number of benzene rings is 1. The van der Waals surface area contributed by atoms with Gasteiger partial charge in [-0.05, 0) is 52.7 Å². The molecular formula is C14H12Br2N2O. The number of halogens is 2. The highest BCUT2D eigenvalue weighted by Gasteiger charge is 2.12. The molecular weight excluding hydrogens is 372 g/mol. The van der Waals surface area contributed by atoms with Crippen LogP contribution in [0.2, 0.25) is 0 Å². The maximum atomic E-state index is 12.0. The number of aromatic nitrogens is 1. The van der Waals surface area contributed by atoms with Crippen LogP contribution in [0.3, 0.4) is 0 Å². The maximum Gasteiger partial charge on any atom is 0.270 e. The highest BCUT2D eigenvalue weighted by Crippen LogP contribution is 2.17. The van der Waals surface area contributed by atoms with E-state index in [1.807, 2.05) is 31.2 Å². The fourth-order valence-electron chi connectivity index (χ4n) is 1.64. The summed E-state index contributed by atoms with van der Waals surface area (Å²) in [6, 6.07) is 13.1. The molecule has 0 aliphatic heterocycles. The van der Waals surface area contributed by atoms with Crippen molar-refractivity contribution in [2.75, 3.05) is 0 Å². The zero-order valence-electron chi connectivity index (χ0n) is 10.2. The summed E-state index contributed by atoms with van der Waals surface area (Å²) in [4.78, 5) is 16.2. The minimum atomic E-state index is -0.184. The Labute approximate surface area is 128 Å². The van der Waals surface area contributed by atoms with E-state index in [2.05, 4.69) is 42.2 Å². The summed E-state index contributed by atoms with van der Waals surface area (Å²) in [5.74, 6) is -0.184. The van der Waals surface area contributed by atoms with Crippen molar-refractivity contribution in [1.82, 2.24) is 10.3 Å². The zero-order valence-corrected chi connectivity index (χ0v) is 13.4. The number of hydrogen-bond acceptors (Lipinski definition) is 2. The van der Waals surface area contributed by atoms with E-state index in [1.165, 1.54) is 0 Å². The molecule has 1 atom stereocenters. The second-order valence-corrected chi connectivity index (χ2v) is 5.82. The fourth-order valence-corrected chi connectivity index (χ4v) is 2.25. The number of rotatable bonds is 3. The van der Waals surface area contributed by atoms with Crippen molar-refractivity contribution < 1.29 is 4.79 Å². The first-order chi connectivity index (χ1) is 9.06. The van der Waals surface area contributed by atoms with Crippen LogP contribution in [-0.2, 0) is 0 Å². The van der Waals surface area contributed by atoms with Crippen LogP contribution in [0.4, 0.5) is 0 Å². The number of nitrogens with one attached hydrogen (secondary N) is 1. The monoisotopic (exact) mass is 382 g/mol. The van der Waals surface area contributed by atoms with E-state index >= 15 is 0 Å². The van der Waals surface area contributed by atoms with Crippen LogP contribution in [0, 0.1) is 0 Å². The molecule has 0 fully saturated rings. The molecule has 0 bridgehead atoms. The van der Waals surface area contributed by atoms with Crippen molar-refractivity contribution in [2.45, 2.75) is 13.0 Å². The summed E-state index contributed by atoms with van der Waals surface area (Å²) in [6.07, 6.45) is 0. The topological polar surface area (TPSA) is 42.0 Å². The number of amides is 1. The number of hydrogen-bond donors (Lipinski definition) is 1. The SMILES string of the molecule is CC(NC(=O)c1cccc(Br)n1)c1ccc(Br)cc1. The minimum Gasteiger partial charge on any atom is -0.344 e. The van der Waals surface area contributed by atoms with Gasteiger partial charge < -0.3 is 5.32 Å². The third-order valence-electron chi connectivity index (χ3n) is 2.67. The average molecular weight is 384 g/mol. The lowest BCUT2D eigenvalue weighted by Gasteiger charge is -2.14. The van der Waals surface area contributed by atoms with E-state index in [4.69, 9.17) is 0 Å². The smallest absolute Gasteiger partial charge is 0.270 e. The molecule has 1 heterocycles. The van der Waals surface area contributed by atoms with Crippen LogP contribution >= 0.6 is 31.9 Å². The average Bonchev–Trinajstić information content (AvgIpc) is 2.39. The molecule has 98 valence electrons. The molecule has 0 saturated heterocycles. The Hall–Kier alpha value is -1.20. The van der Waals surface area contributed by atoms with Gasteiger partial charge in [-0.3, -0.25) is 4.79 Å². The van der Waals surface area contributed by atoms with Gasteiger partial charge in [-0.25, -0.2) is 4.98 Å². The Morgan fingerprint density at radius 3 is 2.47 bits per heavy atom. The fraction of sp³-hybridized carbons (Fsp3) is 0.143. The molecule has 1 aromatic heterocycles. The molecule has 0 aliphatic carbocycles. The summed E-state index contributed by atoms with van der Waals surface area (Å²) in [5, 5.41) is 2.92. The number of nitrogens with zero attached hydrogens (tertiary/aromatic N) is 1. The van der Waals surface area contributed by atoms with Crippen molar-refractivity contribution in [3.63, 3.8) is 0 Å². The predicted octanol–water partition coefficient (Wildman–Crippen LogP) is 4.10. The van der Waals surface area contributed by atoms with E-state index in [0.717, 1.165) is 10.0 Å². The molecule has 2 rings (SSSR count). The van der Waals surface area contributed by atoms with Gasteiger partial charge in [0.2, 0.25) is 0 Å². The number of pyridine rings is 1. The minimum absolute atomic E-state index is 0.0682. The first kappa shape index (κ1) is 14.2. The highest BCUT2D eigenvalue weighted by atomic mass is 79.9. The molecule has 1 N–H and O–H groups in total. The van der Waals surface area contributed by atoms with E-state index in [9.17, 15) is 4.79 Å². The maximum absolute atomic E-state index is 12.0. The van der Waals surface area contributed by atoms with Crippen LogP contribution < -0.4 is 5.32 Å². The van der Waals surface area contributed by atoms with Gasteiger partial charge >= 0.3 is 0 Å². The van der Waals surface area contributed by atoms with E-state index in [-0.39, 0.29) is 11.9 Å². The molecule has 1 amide bonds. The third-order valence-corrected chi connectivity index (χ3v) is 3.64. The van der Waals surface area contributed by atoms with Gasteiger partial charge in [-0.1, -0.05) is 34.1 Å². The Morgan fingerprint density at radius 1 is 1.16 bits per heavy atom. The van der Waals surface area contributed by atoms with E-state index in [0.29, 0.717) is 10.3 Å². The van der Waals surface area contributed by atoms with Gasteiger partial charge in [0.15, 0.2) is 0 Å². The molecule has 5 heteroatoms.